The molecule has 0 aromatic carbocycles. The Kier molecular flexibility index (Phi) is 6.76. The molecule has 2 rings (SSSR count). The molecule has 2 aliphatic rings. The van der Waals surface area contributed by atoms with Crippen molar-refractivity contribution in [3.63, 3.8) is 0 Å². The van der Waals surface area contributed by atoms with E-state index in [1.54, 1.807) is 6.92 Å². The maximum Gasteiger partial charge on any atom is 0.242 e. The molecule has 0 saturated carbocycles. The van der Waals surface area contributed by atoms with E-state index in [1.807, 2.05) is 6.92 Å². The molecule has 6 heteroatoms. The van der Waals surface area contributed by atoms with Crippen molar-refractivity contribution in [3.8, 4) is 0 Å². The van der Waals surface area contributed by atoms with Crippen LogP contribution in [0.15, 0.2) is 0 Å². The number of nitrogens with one attached hydrogen (secondary N) is 3. The van der Waals surface area contributed by atoms with Crippen molar-refractivity contribution in [1.82, 2.24) is 16.0 Å². The van der Waals surface area contributed by atoms with Crippen molar-refractivity contribution in [2.45, 2.75) is 64.1 Å². The van der Waals surface area contributed by atoms with Gasteiger partial charge in [-0.05, 0) is 45.4 Å². The molecule has 0 aliphatic carbocycles. The van der Waals surface area contributed by atoms with Crippen molar-refractivity contribution in [1.29, 1.82) is 0 Å². The minimum absolute atomic E-state index is 0. The monoisotopic (exact) mass is 303 g/mol. The highest BCUT2D eigenvalue weighted by Gasteiger charge is 2.34. The van der Waals surface area contributed by atoms with Crippen molar-refractivity contribution < 1.29 is 9.59 Å². The summed E-state index contributed by atoms with van der Waals surface area (Å²) in [6, 6.07) is 0.778. The average molecular weight is 304 g/mol. The van der Waals surface area contributed by atoms with Crippen molar-refractivity contribution in [3.05, 3.63) is 0 Å². The highest BCUT2D eigenvalue weighted by Crippen LogP contribution is 2.32. The SMILES string of the molecule is CCNC(=O)C(C)NC(=O)CC1CC2CCC(C1)N2.Cl. The Labute approximate surface area is 127 Å². The number of likely N-dealkylation sites (N-methyl/N-ethyl adjacent to an activating group) is 1. The second-order valence-electron chi connectivity index (χ2n) is 5.86. The Bertz CT molecular complexity index is 339. The number of carbonyl (C=O) groups excluding carboxylic acids is 2. The second-order valence-corrected chi connectivity index (χ2v) is 5.86. The highest BCUT2D eigenvalue weighted by molar-refractivity contribution is 5.87. The Morgan fingerprint density at radius 3 is 2.40 bits per heavy atom. The lowest BCUT2D eigenvalue weighted by Crippen LogP contribution is -2.46. The summed E-state index contributed by atoms with van der Waals surface area (Å²) in [6.07, 6.45) is 5.24. The molecule has 2 bridgehead atoms. The van der Waals surface area contributed by atoms with Crippen LogP contribution >= 0.6 is 12.4 Å². The molecule has 2 saturated heterocycles. The first-order chi connectivity index (χ1) is 9.08. The fourth-order valence-electron chi connectivity index (χ4n) is 3.30. The van der Waals surface area contributed by atoms with Crippen LogP contribution < -0.4 is 16.0 Å². The minimum Gasteiger partial charge on any atom is -0.355 e. The van der Waals surface area contributed by atoms with Crippen LogP contribution in [-0.2, 0) is 9.59 Å². The van der Waals surface area contributed by atoms with E-state index in [0.717, 1.165) is 12.8 Å². The van der Waals surface area contributed by atoms with Crippen molar-refractivity contribution >= 4 is 24.2 Å². The van der Waals surface area contributed by atoms with E-state index in [0.29, 0.717) is 31.0 Å². The molecule has 2 heterocycles. The van der Waals surface area contributed by atoms with E-state index in [2.05, 4.69) is 16.0 Å². The van der Waals surface area contributed by atoms with Crippen LogP contribution in [0.5, 0.6) is 0 Å². The molecule has 116 valence electrons. The third kappa shape index (κ3) is 4.63. The summed E-state index contributed by atoms with van der Waals surface area (Å²) in [6.45, 7) is 4.20. The summed E-state index contributed by atoms with van der Waals surface area (Å²) in [4.78, 5) is 23.5. The molecule has 0 aromatic heterocycles. The van der Waals surface area contributed by atoms with Crippen molar-refractivity contribution in [2.24, 2.45) is 5.92 Å². The van der Waals surface area contributed by atoms with E-state index in [4.69, 9.17) is 0 Å². The second kappa shape index (κ2) is 7.84. The van der Waals surface area contributed by atoms with Crippen LogP contribution in [0.3, 0.4) is 0 Å². The van der Waals surface area contributed by atoms with Gasteiger partial charge in [-0.15, -0.1) is 12.4 Å². The summed E-state index contributed by atoms with van der Waals surface area (Å²) in [5, 5.41) is 9.08. The Morgan fingerprint density at radius 2 is 1.85 bits per heavy atom. The van der Waals surface area contributed by atoms with E-state index < -0.39 is 6.04 Å². The van der Waals surface area contributed by atoms with Gasteiger partial charge in [0.05, 0.1) is 0 Å². The van der Waals surface area contributed by atoms with E-state index in [-0.39, 0.29) is 24.2 Å². The predicted molar refractivity (Wildman–Crippen MR) is 80.8 cm³/mol. The summed E-state index contributed by atoms with van der Waals surface area (Å²) in [7, 11) is 0. The smallest absolute Gasteiger partial charge is 0.242 e. The minimum atomic E-state index is -0.439. The predicted octanol–water partition coefficient (Wildman–Crippen LogP) is 0.970. The summed E-state index contributed by atoms with van der Waals surface area (Å²) in [5.74, 6) is 0.367. The molecule has 2 fully saturated rings. The Hall–Kier alpha value is -0.810. The molecule has 2 aliphatic heterocycles. The zero-order valence-electron chi connectivity index (χ0n) is 12.3. The van der Waals surface area contributed by atoms with Gasteiger partial charge in [-0.3, -0.25) is 9.59 Å². The van der Waals surface area contributed by atoms with Gasteiger partial charge in [0, 0.05) is 25.0 Å². The lowest BCUT2D eigenvalue weighted by atomic mass is 9.89. The van der Waals surface area contributed by atoms with E-state index in [9.17, 15) is 9.59 Å². The number of piperidine rings is 1. The summed E-state index contributed by atoms with van der Waals surface area (Å²) >= 11 is 0. The number of hydrogen-bond acceptors (Lipinski definition) is 3. The fourth-order valence-corrected chi connectivity index (χ4v) is 3.30. The normalized spacial score (nSPS) is 29.2. The molecule has 3 unspecified atom stereocenters. The first-order valence-corrected chi connectivity index (χ1v) is 7.41. The number of amides is 2. The van der Waals surface area contributed by atoms with Gasteiger partial charge in [-0.2, -0.15) is 0 Å². The molecule has 3 N–H and O–H groups in total. The quantitative estimate of drug-likeness (QED) is 0.709. The lowest BCUT2D eigenvalue weighted by molar-refractivity contribution is -0.129. The number of carbonyl (C=O) groups is 2. The first-order valence-electron chi connectivity index (χ1n) is 7.41. The van der Waals surface area contributed by atoms with Gasteiger partial charge in [-0.1, -0.05) is 0 Å². The molecule has 20 heavy (non-hydrogen) atoms. The van der Waals surface area contributed by atoms with Gasteiger partial charge in [0.25, 0.3) is 0 Å². The van der Waals surface area contributed by atoms with E-state index >= 15 is 0 Å². The van der Waals surface area contributed by atoms with Crippen LogP contribution in [0.25, 0.3) is 0 Å². The lowest BCUT2D eigenvalue weighted by Gasteiger charge is -2.28. The van der Waals surface area contributed by atoms with Crippen LogP contribution in [0.1, 0.15) is 46.0 Å². The molecular weight excluding hydrogens is 278 g/mol. The fraction of sp³-hybridized carbons (Fsp3) is 0.857. The van der Waals surface area contributed by atoms with Crippen LogP contribution in [0.2, 0.25) is 0 Å². The standard InChI is InChI=1S/C14H25N3O2.ClH/c1-3-15-14(19)9(2)16-13(18)8-10-6-11-4-5-12(7-10)17-11;/h9-12,17H,3-8H2,1-2H3,(H,15,19)(H,16,18);1H. The number of hydrogen-bond donors (Lipinski definition) is 3. The first kappa shape index (κ1) is 17.2. The molecule has 0 radical (unpaired) electrons. The highest BCUT2D eigenvalue weighted by atomic mass is 35.5. The number of halogens is 1. The van der Waals surface area contributed by atoms with Gasteiger partial charge in [-0.25, -0.2) is 0 Å². The average Bonchev–Trinajstić information content (AvgIpc) is 2.68. The zero-order valence-corrected chi connectivity index (χ0v) is 13.1. The number of fused-ring (bicyclic) bond motifs is 2. The molecule has 3 atom stereocenters. The van der Waals surface area contributed by atoms with Crippen molar-refractivity contribution in [2.75, 3.05) is 6.54 Å². The largest absolute Gasteiger partial charge is 0.355 e. The maximum absolute atomic E-state index is 12.0. The molecular formula is C14H26ClN3O2. The van der Waals surface area contributed by atoms with Crippen LogP contribution in [-0.4, -0.2) is 36.5 Å². The number of rotatable bonds is 5. The summed E-state index contributed by atoms with van der Waals surface area (Å²) in [5.41, 5.74) is 0. The van der Waals surface area contributed by atoms with Gasteiger partial charge < -0.3 is 16.0 Å². The van der Waals surface area contributed by atoms with Gasteiger partial charge in [0.1, 0.15) is 6.04 Å². The van der Waals surface area contributed by atoms with Gasteiger partial charge >= 0.3 is 0 Å². The Morgan fingerprint density at radius 1 is 1.25 bits per heavy atom. The van der Waals surface area contributed by atoms with Gasteiger partial charge in [0.15, 0.2) is 0 Å². The molecule has 5 nitrogen and oxygen atoms in total. The topological polar surface area (TPSA) is 70.2 Å². The van der Waals surface area contributed by atoms with Gasteiger partial charge in [0.2, 0.25) is 11.8 Å². The summed E-state index contributed by atoms with van der Waals surface area (Å²) < 4.78 is 0. The molecule has 0 aromatic rings. The third-order valence-corrected chi connectivity index (χ3v) is 4.17. The maximum atomic E-state index is 12.0. The third-order valence-electron chi connectivity index (χ3n) is 4.17. The van der Waals surface area contributed by atoms with Crippen LogP contribution in [0, 0.1) is 5.92 Å². The zero-order chi connectivity index (χ0) is 13.8. The van der Waals surface area contributed by atoms with E-state index in [1.165, 1.54) is 12.8 Å². The van der Waals surface area contributed by atoms with Crippen LogP contribution in [0.4, 0.5) is 0 Å². The molecule has 2 amide bonds. The molecule has 0 spiro atoms. The Balaban J connectivity index is 0.00000200.